The second-order valence-electron chi connectivity index (χ2n) is 7.52. The number of carboxylic acids is 1. The van der Waals surface area contributed by atoms with Crippen molar-refractivity contribution in [3.63, 3.8) is 0 Å². The van der Waals surface area contributed by atoms with Crippen molar-refractivity contribution in [2.24, 2.45) is 5.73 Å². The molecule has 3 aromatic rings. The van der Waals surface area contributed by atoms with E-state index in [4.69, 9.17) is 33.5 Å². The number of halogens is 3. The molecule has 0 radical (unpaired) electrons. The van der Waals surface area contributed by atoms with Crippen LogP contribution in [0, 0.1) is 5.82 Å². The Hall–Kier alpha value is -2.94. The fraction of sp³-hybridized carbons (Fsp3) is 0.261. The largest absolute Gasteiger partial charge is 0.480 e. The minimum absolute atomic E-state index is 0.0126. The number of amides is 1. The van der Waals surface area contributed by atoms with Crippen LogP contribution in [0.1, 0.15) is 35.2 Å². The summed E-state index contributed by atoms with van der Waals surface area (Å²) in [5.41, 5.74) is 7.77. The molecule has 1 aromatic heterocycles. The van der Waals surface area contributed by atoms with E-state index in [9.17, 15) is 19.1 Å². The highest BCUT2D eigenvalue weighted by Crippen LogP contribution is 2.30. The third-order valence-corrected chi connectivity index (χ3v) is 5.68. The molecular formula is C23H22Cl2FN3O4. The van der Waals surface area contributed by atoms with E-state index in [1.807, 2.05) is 6.92 Å². The monoisotopic (exact) mass is 493 g/mol. The van der Waals surface area contributed by atoms with Crippen LogP contribution in [0.15, 0.2) is 47.0 Å². The average molecular weight is 494 g/mol. The molecule has 0 fully saturated rings. The average Bonchev–Trinajstić information content (AvgIpc) is 3.26. The van der Waals surface area contributed by atoms with Crippen molar-refractivity contribution >= 4 is 35.1 Å². The molecule has 0 unspecified atom stereocenters. The molecule has 0 aliphatic heterocycles. The van der Waals surface area contributed by atoms with E-state index in [2.05, 4.69) is 10.5 Å². The Morgan fingerprint density at radius 3 is 2.61 bits per heavy atom. The maximum atomic E-state index is 14.2. The number of benzene rings is 2. The molecule has 0 saturated heterocycles. The SMILES string of the molecule is CCc1cc(C(=O)N[C@H](Cc2ccc(-c3cc(Cl)ccc3F)cc2Cl)C[C@H](N)C(=O)O)on1. The van der Waals surface area contributed by atoms with Crippen LogP contribution in [0.4, 0.5) is 4.39 Å². The van der Waals surface area contributed by atoms with Crippen LogP contribution in [0.2, 0.25) is 10.0 Å². The topological polar surface area (TPSA) is 118 Å². The van der Waals surface area contributed by atoms with Crippen molar-refractivity contribution in [2.45, 2.75) is 38.3 Å². The molecule has 10 heteroatoms. The van der Waals surface area contributed by atoms with Crippen LogP contribution in [0.25, 0.3) is 11.1 Å². The lowest BCUT2D eigenvalue weighted by Crippen LogP contribution is -2.43. The van der Waals surface area contributed by atoms with Crippen molar-refractivity contribution in [2.75, 3.05) is 0 Å². The summed E-state index contributed by atoms with van der Waals surface area (Å²) in [6, 6.07) is 8.83. The van der Waals surface area contributed by atoms with Gasteiger partial charge in [-0.05, 0) is 54.7 Å². The number of carboxylic acid groups (broad SMARTS) is 1. The van der Waals surface area contributed by atoms with Gasteiger partial charge in [0.25, 0.3) is 5.91 Å². The zero-order chi connectivity index (χ0) is 24.1. The zero-order valence-electron chi connectivity index (χ0n) is 17.6. The first kappa shape index (κ1) is 24.7. The number of carbonyl (C=O) groups excluding carboxylic acids is 1. The molecule has 3 rings (SSSR count). The summed E-state index contributed by atoms with van der Waals surface area (Å²) < 4.78 is 19.3. The van der Waals surface area contributed by atoms with Crippen molar-refractivity contribution in [1.29, 1.82) is 0 Å². The summed E-state index contributed by atoms with van der Waals surface area (Å²) in [4.78, 5) is 23.9. The highest BCUT2D eigenvalue weighted by molar-refractivity contribution is 6.32. The summed E-state index contributed by atoms with van der Waals surface area (Å²) in [5.74, 6) is -2.17. The molecule has 2 aromatic carbocycles. The van der Waals surface area contributed by atoms with Crippen LogP contribution >= 0.6 is 23.2 Å². The van der Waals surface area contributed by atoms with E-state index < -0.39 is 29.8 Å². The maximum Gasteiger partial charge on any atom is 0.320 e. The number of aliphatic carboxylic acids is 1. The first-order chi connectivity index (χ1) is 15.7. The van der Waals surface area contributed by atoms with Gasteiger partial charge in [0.15, 0.2) is 0 Å². The molecule has 33 heavy (non-hydrogen) atoms. The van der Waals surface area contributed by atoms with E-state index in [0.717, 1.165) is 0 Å². The van der Waals surface area contributed by atoms with E-state index in [-0.39, 0.29) is 18.6 Å². The Labute approximate surface area is 199 Å². The van der Waals surface area contributed by atoms with E-state index in [0.29, 0.717) is 38.9 Å². The lowest BCUT2D eigenvalue weighted by Gasteiger charge is -2.21. The number of nitrogens with one attached hydrogen (secondary N) is 1. The molecule has 0 aliphatic carbocycles. The van der Waals surface area contributed by atoms with Gasteiger partial charge < -0.3 is 20.7 Å². The van der Waals surface area contributed by atoms with Gasteiger partial charge in [-0.1, -0.05) is 47.4 Å². The van der Waals surface area contributed by atoms with Gasteiger partial charge in [0, 0.05) is 27.7 Å². The molecule has 174 valence electrons. The van der Waals surface area contributed by atoms with Crippen molar-refractivity contribution < 1.29 is 23.6 Å². The minimum Gasteiger partial charge on any atom is -0.480 e. The Morgan fingerprint density at radius 2 is 1.97 bits per heavy atom. The third-order valence-electron chi connectivity index (χ3n) is 5.09. The number of carbonyl (C=O) groups is 2. The fourth-order valence-electron chi connectivity index (χ4n) is 3.31. The lowest BCUT2D eigenvalue weighted by molar-refractivity contribution is -0.138. The lowest BCUT2D eigenvalue weighted by atomic mass is 9.97. The molecule has 0 aliphatic rings. The van der Waals surface area contributed by atoms with Crippen molar-refractivity contribution in [3.05, 3.63) is 75.3 Å². The van der Waals surface area contributed by atoms with Crippen LogP contribution in [0.3, 0.4) is 0 Å². The first-order valence-electron chi connectivity index (χ1n) is 10.2. The molecule has 0 bridgehead atoms. The van der Waals surface area contributed by atoms with Gasteiger partial charge in [-0.25, -0.2) is 4.39 Å². The van der Waals surface area contributed by atoms with Crippen LogP contribution in [0.5, 0.6) is 0 Å². The third kappa shape index (κ3) is 6.31. The van der Waals surface area contributed by atoms with Crippen LogP contribution in [-0.2, 0) is 17.6 Å². The highest BCUT2D eigenvalue weighted by atomic mass is 35.5. The first-order valence-corrected chi connectivity index (χ1v) is 10.9. The number of rotatable bonds is 9. The van der Waals surface area contributed by atoms with E-state index in [1.165, 1.54) is 24.3 Å². The summed E-state index contributed by atoms with van der Waals surface area (Å²) in [6.07, 6.45) is 0.745. The van der Waals surface area contributed by atoms with Crippen LogP contribution < -0.4 is 11.1 Å². The number of hydrogen-bond acceptors (Lipinski definition) is 5. The highest BCUT2D eigenvalue weighted by Gasteiger charge is 2.24. The predicted molar refractivity (Wildman–Crippen MR) is 123 cm³/mol. The predicted octanol–water partition coefficient (Wildman–Crippen LogP) is 4.49. The molecule has 7 nitrogen and oxygen atoms in total. The van der Waals surface area contributed by atoms with Gasteiger partial charge >= 0.3 is 5.97 Å². The van der Waals surface area contributed by atoms with Crippen LogP contribution in [-0.4, -0.2) is 34.2 Å². The molecule has 0 saturated carbocycles. The normalized spacial score (nSPS) is 12.9. The zero-order valence-corrected chi connectivity index (χ0v) is 19.2. The standard InChI is InChI=1S/C23H22Cl2FN3O4/c1-2-15-11-21(33-29-15)22(30)28-16(10-20(27)23(31)32)7-13-4-3-12(8-18(13)25)17-9-14(24)5-6-19(17)26/h3-6,8-9,11,16,20H,2,7,10,27H2,1H3,(H,28,30)(H,31,32)/t16-,20+/m1/s1. The van der Waals surface area contributed by atoms with Gasteiger partial charge in [0.05, 0.1) is 5.69 Å². The molecule has 0 spiro atoms. The Balaban J connectivity index is 1.83. The molecule has 1 heterocycles. The Bertz CT molecular complexity index is 1170. The van der Waals surface area contributed by atoms with E-state index in [1.54, 1.807) is 18.2 Å². The smallest absolute Gasteiger partial charge is 0.320 e. The Morgan fingerprint density at radius 1 is 1.21 bits per heavy atom. The number of nitrogens with zero attached hydrogens (tertiary/aromatic N) is 1. The van der Waals surface area contributed by atoms with E-state index >= 15 is 0 Å². The van der Waals surface area contributed by atoms with Gasteiger partial charge in [-0.3, -0.25) is 9.59 Å². The Kier molecular flexibility index (Phi) is 8.07. The fourth-order valence-corrected chi connectivity index (χ4v) is 3.74. The number of nitrogens with two attached hydrogens (primary N) is 1. The number of aromatic nitrogens is 1. The summed E-state index contributed by atoms with van der Waals surface area (Å²) >= 11 is 12.4. The summed E-state index contributed by atoms with van der Waals surface area (Å²) in [6.45, 7) is 1.87. The second-order valence-corrected chi connectivity index (χ2v) is 8.36. The van der Waals surface area contributed by atoms with Gasteiger partial charge in [0.2, 0.25) is 5.76 Å². The van der Waals surface area contributed by atoms with Gasteiger partial charge in [-0.2, -0.15) is 0 Å². The molecule has 4 N–H and O–H groups in total. The molecule has 1 amide bonds. The summed E-state index contributed by atoms with van der Waals surface area (Å²) in [7, 11) is 0. The number of aryl methyl sites for hydroxylation is 1. The maximum absolute atomic E-state index is 14.2. The summed E-state index contributed by atoms with van der Waals surface area (Å²) in [5, 5.41) is 16.4. The quantitative estimate of drug-likeness (QED) is 0.403. The van der Waals surface area contributed by atoms with Crippen molar-refractivity contribution in [1.82, 2.24) is 10.5 Å². The second kappa shape index (κ2) is 10.8. The molecular weight excluding hydrogens is 472 g/mol. The van der Waals surface area contributed by atoms with Gasteiger partial charge in [-0.15, -0.1) is 0 Å². The number of hydrogen-bond donors (Lipinski definition) is 3. The van der Waals surface area contributed by atoms with Crippen molar-refractivity contribution in [3.8, 4) is 11.1 Å². The molecule has 2 atom stereocenters. The van der Waals surface area contributed by atoms with Gasteiger partial charge in [0.1, 0.15) is 11.9 Å². The minimum atomic E-state index is -1.20.